The Hall–Kier alpha value is -3.76. The van der Waals surface area contributed by atoms with Crippen molar-refractivity contribution in [3.63, 3.8) is 0 Å². The number of piperazine rings is 1. The molecule has 47 heavy (non-hydrogen) atoms. The molecule has 11 heteroatoms. The first kappa shape index (κ1) is 33.2. The molecule has 0 spiro atoms. The molecule has 0 unspecified atom stereocenters. The maximum absolute atomic E-state index is 15.2. The molecule has 0 saturated carbocycles. The summed E-state index contributed by atoms with van der Waals surface area (Å²) < 4.78 is 37.2. The smallest absolute Gasteiger partial charge is 0.350 e. The number of piperidine rings is 1. The molecule has 0 bridgehead atoms. The van der Waals surface area contributed by atoms with E-state index in [4.69, 9.17) is 16.3 Å². The zero-order valence-corrected chi connectivity index (χ0v) is 28.0. The minimum atomic E-state index is -0.780. The zero-order chi connectivity index (χ0) is 33.6. The summed E-state index contributed by atoms with van der Waals surface area (Å²) in [6, 6.07) is 4.39. The molecule has 3 atom stereocenters. The normalized spacial score (nSPS) is 22.0. The van der Waals surface area contributed by atoms with Crippen molar-refractivity contribution in [3.8, 4) is 16.9 Å². The number of carbonyl (C=O) groups excluding carboxylic acids is 1. The lowest BCUT2D eigenvalue weighted by Gasteiger charge is -2.45. The van der Waals surface area contributed by atoms with E-state index in [0.29, 0.717) is 42.1 Å². The van der Waals surface area contributed by atoms with Gasteiger partial charge in [-0.05, 0) is 96.3 Å². The van der Waals surface area contributed by atoms with Gasteiger partial charge in [0.05, 0.1) is 16.6 Å². The summed E-state index contributed by atoms with van der Waals surface area (Å²) in [7, 11) is 0. The van der Waals surface area contributed by atoms with E-state index in [1.165, 1.54) is 23.8 Å². The van der Waals surface area contributed by atoms with E-state index in [1.54, 1.807) is 15.5 Å². The molecular weight excluding hydrogens is 624 g/mol. The minimum Gasteiger partial charge on any atom is -0.488 e. The van der Waals surface area contributed by atoms with Gasteiger partial charge in [-0.2, -0.15) is 4.98 Å². The van der Waals surface area contributed by atoms with Crippen LogP contribution in [0.15, 0.2) is 53.9 Å². The van der Waals surface area contributed by atoms with Gasteiger partial charge >= 0.3 is 5.69 Å². The van der Waals surface area contributed by atoms with Crippen LogP contribution in [0.5, 0.6) is 5.75 Å². The average Bonchev–Trinajstić information content (AvgIpc) is 3.04. The molecule has 3 aromatic rings. The first-order chi connectivity index (χ1) is 22.5. The van der Waals surface area contributed by atoms with Gasteiger partial charge < -0.3 is 19.4 Å². The summed E-state index contributed by atoms with van der Waals surface area (Å²) in [5, 5.41) is 0.800. The fraction of sp³-hybridized carbons (Fsp3) is 0.472. The fourth-order valence-corrected chi connectivity index (χ4v) is 7.78. The Balaban J connectivity index is 1.40. The van der Waals surface area contributed by atoms with E-state index in [9.17, 15) is 14.0 Å². The number of anilines is 1. The maximum atomic E-state index is 15.2. The summed E-state index contributed by atoms with van der Waals surface area (Å²) in [6.07, 6.45) is 5.07. The van der Waals surface area contributed by atoms with Gasteiger partial charge in [0.15, 0.2) is 5.75 Å². The molecule has 6 rings (SSSR count). The highest BCUT2D eigenvalue weighted by Crippen LogP contribution is 2.47. The Labute approximate surface area is 279 Å². The predicted octanol–water partition coefficient (Wildman–Crippen LogP) is 6.61. The van der Waals surface area contributed by atoms with E-state index in [1.807, 2.05) is 18.7 Å². The Morgan fingerprint density at radius 2 is 1.89 bits per heavy atom. The van der Waals surface area contributed by atoms with E-state index >= 15 is 4.39 Å². The van der Waals surface area contributed by atoms with E-state index in [-0.39, 0.29) is 52.5 Å². The van der Waals surface area contributed by atoms with Crippen LogP contribution >= 0.6 is 11.6 Å². The minimum absolute atomic E-state index is 0.0841. The highest BCUT2D eigenvalue weighted by molar-refractivity contribution is 6.35. The first-order valence-corrected chi connectivity index (χ1v) is 16.8. The summed E-state index contributed by atoms with van der Waals surface area (Å²) in [6.45, 7) is 17.8. The Morgan fingerprint density at radius 3 is 2.57 bits per heavy atom. The van der Waals surface area contributed by atoms with Crippen molar-refractivity contribution in [3.05, 3.63) is 76.2 Å². The van der Waals surface area contributed by atoms with Crippen LogP contribution in [0.2, 0.25) is 5.02 Å². The van der Waals surface area contributed by atoms with Crippen LogP contribution in [0.3, 0.4) is 0 Å². The van der Waals surface area contributed by atoms with Crippen LogP contribution in [0.25, 0.3) is 22.0 Å². The van der Waals surface area contributed by atoms with Gasteiger partial charge in [-0.3, -0.25) is 9.36 Å². The average molecular weight is 666 g/mol. The highest BCUT2D eigenvalue weighted by Gasteiger charge is 2.36. The fourth-order valence-electron chi connectivity index (χ4n) is 7.48. The van der Waals surface area contributed by atoms with Crippen LogP contribution in [-0.4, -0.2) is 76.7 Å². The lowest BCUT2D eigenvalue weighted by atomic mass is 9.91. The molecule has 0 aliphatic carbocycles. The quantitative estimate of drug-likeness (QED) is 0.199. The van der Waals surface area contributed by atoms with Crippen molar-refractivity contribution in [2.24, 2.45) is 5.92 Å². The third-order valence-corrected chi connectivity index (χ3v) is 10.4. The molecule has 2 aromatic carbocycles. The van der Waals surface area contributed by atoms with Crippen molar-refractivity contribution in [2.45, 2.75) is 64.6 Å². The van der Waals surface area contributed by atoms with Crippen LogP contribution in [0.4, 0.5) is 14.6 Å². The van der Waals surface area contributed by atoms with Gasteiger partial charge in [0.1, 0.15) is 24.1 Å². The number of hydrogen-bond donors (Lipinski definition) is 0. The monoisotopic (exact) mass is 665 g/mol. The summed E-state index contributed by atoms with van der Waals surface area (Å²) >= 11 is 6.90. The predicted molar refractivity (Wildman–Crippen MR) is 182 cm³/mol. The Morgan fingerprint density at radius 1 is 1.15 bits per heavy atom. The molecule has 2 fully saturated rings. The van der Waals surface area contributed by atoms with E-state index < -0.39 is 17.3 Å². The van der Waals surface area contributed by atoms with Crippen molar-refractivity contribution < 1.29 is 18.3 Å². The van der Waals surface area contributed by atoms with E-state index in [0.717, 1.165) is 45.0 Å². The second-order valence-corrected chi connectivity index (χ2v) is 13.7. The summed E-state index contributed by atoms with van der Waals surface area (Å²) in [5.74, 6) is -0.351. The van der Waals surface area contributed by atoms with Crippen LogP contribution in [0, 0.1) is 17.6 Å². The topological polar surface area (TPSA) is 70.9 Å². The van der Waals surface area contributed by atoms with E-state index in [2.05, 4.69) is 30.0 Å². The molecule has 3 aliphatic rings. The Kier molecular flexibility index (Phi) is 9.45. The van der Waals surface area contributed by atoms with Crippen LogP contribution < -0.4 is 15.3 Å². The van der Waals surface area contributed by atoms with Gasteiger partial charge in [0, 0.05) is 47.8 Å². The molecule has 0 N–H and O–H groups in total. The lowest BCUT2D eigenvalue weighted by Crippen LogP contribution is -2.58. The number of nitrogens with zero attached hydrogens (tertiary/aromatic N) is 5. The SMILES string of the molecule is C=CC(=O)N1C[C@H](C)N(c2nc(=O)n3c4c(c(-c5ccc(F)cc5F)c(Cl)cc24)OC[C@H]3CCCN2CCC(C(=C)C)CC2)C[C@H]1C. The standard InChI is InChI=1S/C36H42ClF2N5O3/c1-6-31(45)42-18-23(5)43(19-22(42)4)35-28-17-29(37)32(27-10-9-25(38)16-30(27)39)34-33(28)44(36(46)40-35)26(20-47-34)8-7-13-41-14-11-24(12-15-41)21(2)3/h6,9-10,16-17,22-24,26H,1-2,7-8,11-15,18-20H2,3-5H3/t22-,23+,26-/m1/s1. The number of ether oxygens (including phenoxy) is 1. The molecule has 3 aliphatic heterocycles. The molecule has 8 nitrogen and oxygen atoms in total. The number of carbonyl (C=O) groups is 1. The molecule has 250 valence electrons. The summed E-state index contributed by atoms with van der Waals surface area (Å²) in [5.41, 5.74) is 1.66. The number of rotatable bonds is 8. The van der Waals surface area contributed by atoms with Crippen molar-refractivity contribution >= 4 is 34.2 Å². The lowest BCUT2D eigenvalue weighted by molar-refractivity contribution is -0.128. The van der Waals surface area contributed by atoms with Crippen molar-refractivity contribution in [1.29, 1.82) is 0 Å². The molecule has 1 aromatic heterocycles. The molecular formula is C36H42ClF2N5O3. The zero-order valence-electron chi connectivity index (χ0n) is 27.3. The number of aromatic nitrogens is 2. The summed E-state index contributed by atoms with van der Waals surface area (Å²) in [4.78, 5) is 37.5. The Bertz CT molecular complexity index is 1790. The number of hydrogen-bond acceptors (Lipinski definition) is 6. The highest BCUT2D eigenvalue weighted by atomic mass is 35.5. The molecule has 2 saturated heterocycles. The van der Waals surface area contributed by atoms with Gasteiger partial charge in [-0.1, -0.05) is 30.3 Å². The van der Waals surface area contributed by atoms with Gasteiger partial charge in [0.25, 0.3) is 0 Å². The third-order valence-electron chi connectivity index (χ3n) is 10.1. The molecule has 1 amide bonds. The number of likely N-dealkylation sites (tertiary alicyclic amines) is 1. The third kappa shape index (κ3) is 6.29. The first-order valence-electron chi connectivity index (χ1n) is 16.4. The maximum Gasteiger partial charge on any atom is 0.350 e. The number of benzene rings is 2. The van der Waals surface area contributed by atoms with Crippen LogP contribution in [-0.2, 0) is 4.79 Å². The van der Waals surface area contributed by atoms with Gasteiger partial charge in [0.2, 0.25) is 5.91 Å². The second kappa shape index (κ2) is 13.4. The molecule has 0 radical (unpaired) electrons. The number of allylic oxidation sites excluding steroid dienone is 1. The van der Waals surface area contributed by atoms with Gasteiger partial charge in [-0.25, -0.2) is 13.6 Å². The number of halogens is 3. The largest absolute Gasteiger partial charge is 0.488 e. The van der Waals surface area contributed by atoms with Crippen molar-refractivity contribution in [2.75, 3.05) is 44.2 Å². The second-order valence-electron chi connectivity index (χ2n) is 13.3. The van der Waals surface area contributed by atoms with Crippen molar-refractivity contribution in [1.82, 2.24) is 19.4 Å². The van der Waals surface area contributed by atoms with Crippen LogP contribution in [0.1, 0.15) is 52.5 Å². The van der Waals surface area contributed by atoms with Gasteiger partial charge in [-0.15, -0.1) is 0 Å². The number of amides is 1. The molecule has 4 heterocycles.